The van der Waals surface area contributed by atoms with Gasteiger partial charge in [0, 0.05) is 44.6 Å². The first-order valence-corrected chi connectivity index (χ1v) is 8.95. The van der Waals surface area contributed by atoms with Gasteiger partial charge in [-0.25, -0.2) is 8.42 Å². The Morgan fingerprint density at radius 1 is 1.38 bits per heavy atom. The number of sulfonamides is 1. The van der Waals surface area contributed by atoms with Crippen LogP contribution in [0.2, 0.25) is 0 Å². The molecule has 0 saturated heterocycles. The first-order valence-electron chi connectivity index (χ1n) is 7.51. The maximum Gasteiger partial charge on any atom is 0.244 e. The van der Waals surface area contributed by atoms with Crippen molar-refractivity contribution >= 4 is 10.0 Å². The van der Waals surface area contributed by atoms with Gasteiger partial charge < -0.3 is 9.88 Å². The molecule has 21 heavy (non-hydrogen) atoms. The maximum absolute atomic E-state index is 12.7. The van der Waals surface area contributed by atoms with Crippen LogP contribution >= 0.6 is 0 Å². The van der Waals surface area contributed by atoms with Crippen LogP contribution in [0, 0.1) is 0 Å². The molecule has 0 atom stereocenters. The molecule has 1 aliphatic heterocycles. The molecule has 0 aromatic carbocycles. The standard InChI is InChI=1S/C15H23N3O2S/c1-12-5-7-18(8-6-12)21(19,20)15-9-14(17(2)11-15)10-16-13-3-4-13/h5,9,11,13,16H,3-4,6-8,10H2,1-2H3. The molecule has 0 radical (unpaired) electrons. The molecule has 0 unspecified atom stereocenters. The Morgan fingerprint density at radius 3 is 2.76 bits per heavy atom. The van der Waals surface area contributed by atoms with Crippen LogP contribution < -0.4 is 5.32 Å². The number of rotatable bonds is 5. The Balaban J connectivity index is 1.77. The van der Waals surface area contributed by atoms with Gasteiger partial charge in [-0.15, -0.1) is 0 Å². The van der Waals surface area contributed by atoms with Crippen LogP contribution in [0.25, 0.3) is 0 Å². The second kappa shape index (κ2) is 5.59. The monoisotopic (exact) mass is 309 g/mol. The van der Waals surface area contributed by atoms with E-state index in [1.165, 1.54) is 18.4 Å². The first-order chi connectivity index (χ1) is 9.96. The molecule has 3 rings (SSSR count). The van der Waals surface area contributed by atoms with Crippen LogP contribution in [-0.2, 0) is 23.6 Å². The van der Waals surface area contributed by atoms with E-state index in [1.54, 1.807) is 16.6 Å². The van der Waals surface area contributed by atoms with Gasteiger partial charge >= 0.3 is 0 Å². The summed E-state index contributed by atoms with van der Waals surface area (Å²) in [6.07, 6.45) is 7.01. The Morgan fingerprint density at radius 2 is 2.14 bits per heavy atom. The summed E-state index contributed by atoms with van der Waals surface area (Å²) in [7, 11) is -1.46. The van der Waals surface area contributed by atoms with E-state index in [-0.39, 0.29) is 0 Å². The van der Waals surface area contributed by atoms with E-state index in [0.29, 0.717) is 24.0 Å². The first kappa shape index (κ1) is 14.8. The van der Waals surface area contributed by atoms with Gasteiger partial charge in [0.2, 0.25) is 10.0 Å². The van der Waals surface area contributed by atoms with Crippen molar-refractivity contribution in [1.82, 2.24) is 14.2 Å². The molecular formula is C15H23N3O2S. The molecule has 5 nitrogen and oxygen atoms in total. The molecule has 116 valence electrons. The van der Waals surface area contributed by atoms with E-state index < -0.39 is 10.0 Å². The van der Waals surface area contributed by atoms with Gasteiger partial charge in [-0.05, 0) is 32.3 Å². The Kier molecular flexibility index (Phi) is 3.94. The van der Waals surface area contributed by atoms with E-state index in [0.717, 1.165) is 18.7 Å². The third kappa shape index (κ3) is 3.22. The molecule has 6 heteroatoms. The molecule has 0 spiro atoms. The topological polar surface area (TPSA) is 54.3 Å². The number of aryl methyl sites for hydroxylation is 1. The highest BCUT2D eigenvalue weighted by molar-refractivity contribution is 7.89. The zero-order valence-electron chi connectivity index (χ0n) is 12.7. The Hall–Kier alpha value is -1.11. The molecule has 0 amide bonds. The minimum Gasteiger partial charge on any atom is -0.352 e. The largest absolute Gasteiger partial charge is 0.352 e. The van der Waals surface area contributed by atoms with Crippen LogP contribution in [0.5, 0.6) is 0 Å². The van der Waals surface area contributed by atoms with Crippen molar-refractivity contribution in [2.75, 3.05) is 13.1 Å². The van der Waals surface area contributed by atoms with Gasteiger partial charge in [0.25, 0.3) is 0 Å². The molecule has 0 bridgehead atoms. The van der Waals surface area contributed by atoms with Crippen molar-refractivity contribution in [3.05, 3.63) is 29.6 Å². The second-order valence-electron chi connectivity index (χ2n) is 6.10. The number of hydrogen-bond donors (Lipinski definition) is 1. The van der Waals surface area contributed by atoms with Crippen LogP contribution in [0.1, 0.15) is 31.9 Å². The van der Waals surface area contributed by atoms with Crippen molar-refractivity contribution in [2.24, 2.45) is 7.05 Å². The van der Waals surface area contributed by atoms with Gasteiger partial charge in [0.05, 0.1) is 0 Å². The molecule has 1 saturated carbocycles. The van der Waals surface area contributed by atoms with E-state index in [2.05, 4.69) is 5.32 Å². The highest BCUT2D eigenvalue weighted by atomic mass is 32.2. The molecule has 1 aromatic rings. The van der Waals surface area contributed by atoms with Crippen molar-refractivity contribution in [3.8, 4) is 0 Å². The zero-order chi connectivity index (χ0) is 15.0. The van der Waals surface area contributed by atoms with Crippen LogP contribution in [0.3, 0.4) is 0 Å². The molecule has 1 fully saturated rings. The quantitative estimate of drug-likeness (QED) is 0.841. The molecule has 1 aliphatic carbocycles. The van der Waals surface area contributed by atoms with Crippen molar-refractivity contribution < 1.29 is 8.42 Å². The van der Waals surface area contributed by atoms with Gasteiger partial charge in [0.15, 0.2) is 0 Å². The van der Waals surface area contributed by atoms with Gasteiger partial charge in [-0.3, -0.25) is 0 Å². The maximum atomic E-state index is 12.7. The summed E-state index contributed by atoms with van der Waals surface area (Å²) in [5.41, 5.74) is 2.29. The lowest BCUT2D eigenvalue weighted by Gasteiger charge is -2.24. The minimum atomic E-state index is -3.37. The molecule has 2 aliphatic rings. The van der Waals surface area contributed by atoms with Crippen LogP contribution in [0.15, 0.2) is 28.8 Å². The van der Waals surface area contributed by atoms with Gasteiger partial charge in [0.1, 0.15) is 4.90 Å². The van der Waals surface area contributed by atoms with Crippen LogP contribution in [0.4, 0.5) is 0 Å². The summed E-state index contributed by atoms with van der Waals surface area (Å²) in [5.74, 6) is 0. The molecule has 2 heterocycles. The predicted molar refractivity (Wildman–Crippen MR) is 82.4 cm³/mol. The van der Waals surface area contributed by atoms with E-state index in [9.17, 15) is 8.42 Å². The normalized spacial score (nSPS) is 20.6. The number of nitrogens with zero attached hydrogens (tertiary/aromatic N) is 2. The molecule has 1 N–H and O–H groups in total. The van der Waals surface area contributed by atoms with E-state index in [1.807, 2.05) is 24.6 Å². The van der Waals surface area contributed by atoms with E-state index in [4.69, 9.17) is 0 Å². The number of hydrogen-bond acceptors (Lipinski definition) is 3. The SMILES string of the molecule is CC1=CCN(S(=O)(=O)c2cc(CNC3CC3)n(C)c2)CC1. The Bertz CT molecular complexity index is 656. The van der Waals surface area contributed by atoms with Crippen molar-refractivity contribution in [2.45, 2.75) is 43.7 Å². The number of aromatic nitrogens is 1. The minimum absolute atomic E-state index is 0.408. The fourth-order valence-corrected chi connectivity index (χ4v) is 4.03. The predicted octanol–water partition coefficient (Wildman–Crippen LogP) is 1.62. The summed E-state index contributed by atoms with van der Waals surface area (Å²) in [4.78, 5) is 0.408. The van der Waals surface area contributed by atoms with Gasteiger partial charge in [-0.2, -0.15) is 4.31 Å². The van der Waals surface area contributed by atoms with Crippen molar-refractivity contribution in [3.63, 3.8) is 0 Å². The summed E-state index contributed by atoms with van der Waals surface area (Å²) in [5, 5.41) is 3.43. The lowest BCUT2D eigenvalue weighted by molar-refractivity contribution is 0.431. The van der Waals surface area contributed by atoms with Gasteiger partial charge in [-0.1, -0.05) is 11.6 Å². The molecule has 1 aromatic heterocycles. The second-order valence-corrected chi connectivity index (χ2v) is 8.03. The lowest BCUT2D eigenvalue weighted by Crippen LogP contribution is -2.34. The third-order valence-corrected chi connectivity index (χ3v) is 6.10. The summed E-state index contributed by atoms with van der Waals surface area (Å²) >= 11 is 0. The third-order valence-electron chi connectivity index (χ3n) is 4.27. The number of nitrogens with one attached hydrogen (secondary N) is 1. The lowest BCUT2D eigenvalue weighted by atomic mass is 10.1. The zero-order valence-corrected chi connectivity index (χ0v) is 13.5. The average molecular weight is 309 g/mol. The van der Waals surface area contributed by atoms with Crippen LogP contribution in [-0.4, -0.2) is 36.4 Å². The van der Waals surface area contributed by atoms with Crippen molar-refractivity contribution in [1.29, 1.82) is 0 Å². The molecular weight excluding hydrogens is 286 g/mol. The Labute approximate surface area is 126 Å². The fourth-order valence-electron chi connectivity index (χ4n) is 2.55. The van der Waals surface area contributed by atoms with E-state index >= 15 is 0 Å². The summed E-state index contributed by atoms with van der Waals surface area (Å²) in [6, 6.07) is 2.42. The highest BCUT2D eigenvalue weighted by Crippen LogP contribution is 2.23. The highest BCUT2D eigenvalue weighted by Gasteiger charge is 2.27. The summed E-state index contributed by atoms with van der Waals surface area (Å²) in [6.45, 7) is 3.85. The fraction of sp³-hybridized carbons (Fsp3) is 0.600. The summed E-state index contributed by atoms with van der Waals surface area (Å²) < 4.78 is 28.8. The smallest absolute Gasteiger partial charge is 0.244 e. The average Bonchev–Trinajstić information content (AvgIpc) is 3.19.